The van der Waals surface area contributed by atoms with Crippen LogP contribution >= 0.6 is 0 Å². The van der Waals surface area contributed by atoms with Gasteiger partial charge in [0.05, 0.1) is 22.3 Å². The van der Waals surface area contributed by atoms with Crippen LogP contribution in [0.1, 0.15) is 27.6 Å². The van der Waals surface area contributed by atoms with Gasteiger partial charge in [0.25, 0.3) is 11.6 Å². The molecule has 1 N–H and O–H groups in total. The lowest BCUT2D eigenvalue weighted by Gasteiger charge is -2.10. The van der Waals surface area contributed by atoms with Crippen LogP contribution in [0.2, 0.25) is 0 Å². The molecule has 1 amide bonds. The first kappa shape index (κ1) is 19.7. The number of carbonyl (C=O) groups excluding carboxylic acids is 1. The Morgan fingerprint density at radius 1 is 1.16 bits per heavy atom. The topological polar surface area (TPSA) is 99.0 Å². The summed E-state index contributed by atoms with van der Waals surface area (Å²) >= 11 is 0. The Hall–Kier alpha value is -4.27. The third-order valence-corrected chi connectivity index (χ3v) is 5.14. The minimum absolute atomic E-state index is 0.239. The number of anilines is 1. The van der Waals surface area contributed by atoms with Crippen molar-refractivity contribution in [1.29, 1.82) is 0 Å². The summed E-state index contributed by atoms with van der Waals surface area (Å²) in [4.78, 5) is 17.7. The summed E-state index contributed by atoms with van der Waals surface area (Å²) in [7, 11) is 0. The van der Waals surface area contributed by atoms with Crippen LogP contribution in [0.3, 0.4) is 0 Å². The molecule has 0 aliphatic heterocycles. The number of benzene rings is 1. The van der Waals surface area contributed by atoms with Gasteiger partial charge < -0.3 is 14.3 Å². The van der Waals surface area contributed by atoms with E-state index in [1.165, 1.54) is 10.7 Å². The fourth-order valence-corrected chi connectivity index (χ4v) is 3.68. The summed E-state index contributed by atoms with van der Waals surface area (Å²) in [5.41, 5.74) is 2.95. The molecule has 160 valence electrons. The largest absolute Gasteiger partial charge is 0.466 e. The number of furan rings is 1. The number of rotatable bonds is 4. The highest BCUT2D eigenvalue weighted by Crippen LogP contribution is 2.31. The van der Waals surface area contributed by atoms with E-state index in [0.717, 1.165) is 11.3 Å². The number of aryl methyl sites for hydroxylation is 3. The number of halogens is 1. The van der Waals surface area contributed by atoms with Crippen LogP contribution in [0.25, 0.3) is 28.0 Å². The molecule has 4 aromatic heterocycles. The van der Waals surface area contributed by atoms with E-state index in [1.54, 1.807) is 43.6 Å². The van der Waals surface area contributed by atoms with Crippen molar-refractivity contribution < 1.29 is 18.1 Å². The third kappa shape index (κ3) is 3.33. The number of pyridine rings is 1. The number of aromatic nitrogens is 4. The molecule has 0 saturated heterocycles. The first-order chi connectivity index (χ1) is 15.4. The molecule has 9 heteroatoms. The predicted molar refractivity (Wildman–Crippen MR) is 115 cm³/mol. The van der Waals surface area contributed by atoms with Gasteiger partial charge in [-0.15, -0.1) is 0 Å². The third-order valence-electron chi connectivity index (χ3n) is 5.14. The molecule has 0 atom stereocenters. The maximum absolute atomic E-state index is 14.6. The van der Waals surface area contributed by atoms with E-state index in [-0.39, 0.29) is 11.4 Å². The minimum Gasteiger partial charge on any atom is -0.466 e. The SMILES string of the molecule is Cc1cc(-c2cc(C(=O)Nc3ccc(-n4cccn4)c(F)c3)c3c(C)noc3n2)c(C)o1. The van der Waals surface area contributed by atoms with E-state index in [9.17, 15) is 9.18 Å². The number of amides is 1. The maximum atomic E-state index is 14.6. The number of nitrogens with one attached hydrogen (secondary N) is 1. The average molecular weight is 431 g/mol. The molecule has 32 heavy (non-hydrogen) atoms. The molecule has 1 aromatic carbocycles. The zero-order chi connectivity index (χ0) is 22.4. The molecule has 0 unspecified atom stereocenters. The van der Waals surface area contributed by atoms with Gasteiger partial charge in [-0.05, 0) is 57.2 Å². The van der Waals surface area contributed by atoms with Crippen molar-refractivity contribution in [2.45, 2.75) is 20.8 Å². The van der Waals surface area contributed by atoms with E-state index < -0.39 is 11.7 Å². The van der Waals surface area contributed by atoms with Crippen LogP contribution in [0.15, 0.2) is 57.7 Å². The fraction of sp³-hybridized carbons (Fsp3) is 0.130. The highest BCUT2D eigenvalue weighted by atomic mass is 19.1. The summed E-state index contributed by atoms with van der Waals surface area (Å²) < 4.78 is 27.0. The number of fused-ring (bicyclic) bond motifs is 1. The lowest BCUT2D eigenvalue weighted by molar-refractivity contribution is 0.102. The summed E-state index contributed by atoms with van der Waals surface area (Å²) in [6.07, 6.45) is 3.20. The fourth-order valence-electron chi connectivity index (χ4n) is 3.68. The van der Waals surface area contributed by atoms with Gasteiger partial charge >= 0.3 is 0 Å². The predicted octanol–water partition coefficient (Wildman–Crippen LogP) is 4.99. The van der Waals surface area contributed by atoms with Crippen LogP contribution in [-0.4, -0.2) is 25.8 Å². The number of hydrogen-bond acceptors (Lipinski definition) is 6. The van der Waals surface area contributed by atoms with Crippen LogP contribution in [0.4, 0.5) is 10.1 Å². The maximum Gasteiger partial charge on any atom is 0.259 e. The van der Waals surface area contributed by atoms with Crippen molar-refractivity contribution in [3.63, 3.8) is 0 Å². The molecule has 0 aliphatic rings. The summed E-state index contributed by atoms with van der Waals surface area (Å²) in [6, 6.07) is 9.62. The molecule has 4 heterocycles. The summed E-state index contributed by atoms with van der Waals surface area (Å²) in [5.74, 6) is 0.451. The van der Waals surface area contributed by atoms with Gasteiger partial charge in [-0.2, -0.15) is 5.10 Å². The Labute approximate surface area is 181 Å². The van der Waals surface area contributed by atoms with Gasteiger partial charge in [0, 0.05) is 23.6 Å². The van der Waals surface area contributed by atoms with Gasteiger partial charge in [0.2, 0.25) is 0 Å². The average Bonchev–Trinajstić information content (AvgIpc) is 3.48. The molecule has 0 bridgehead atoms. The molecule has 5 aromatic rings. The Bertz CT molecular complexity index is 1470. The smallest absolute Gasteiger partial charge is 0.259 e. The van der Waals surface area contributed by atoms with Gasteiger partial charge in [-0.25, -0.2) is 14.1 Å². The molecule has 0 fully saturated rings. The van der Waals surface area contributed by atoms with Gasteiger partial charge in [-0.1, -0.05) is 5.16 Å². The quantitative estimate of drug-likeness (QED) is 0.431. The molecule has 0 radical (unpaired) electrons. The van der Waals surface area contributed by atoms with Crippen LogP contribution in [0.5, 0.6) is 0 Å². The Morgan fingerprint density at radius 2 is 2.00 bits per heavy atom. The lowest BCUT2D eigenvalue weighted by Crippen LogP contribution is -2.13. The molecular formula is C23H18FN5O3. The second-order valence-corrected chi connectivity index (χ2v) is 7.40. The molecule has 0 saturated carbocycles. The molecular weight excluding hydrogens is 413 g/mol. The second kappa shape index (κ2) is 7.45. The Morgan fingerprint density at radius 3 is 2.69 bits per heavy atom. The van der Waals surface area contributed by atoms with E-state index in [1.807, 2.05) is 19.9 Å². The Balaban J connectivity index is 1.54. The Kier molecular flexibility index (Phi) is 4.58. The molecule has 0 spiro atoms. The molecule has 0 aliphatic carbocycles. The standard InChI is InChI=1S/C23H18FN5O3/c1-12-9-16(14(3)31-12)19-11-17(21-13(2)28-32-23(21)27-19)22(30)26-15-5-6-20(18(24)10-15)29-8-4-7-25-29/h4-11H,1-3H3,(H,26,30). The van der Waals surface area contributed by atoms with Gasteiger partial charge in [0.1, 0.15) is 17.2 Å². The zero-order valence-corrected chi connectivity index (χ0v) is 17.5. The van der Waals surface area contributed by atoms with Gasteiger partial charge in [0.15, 0.2) is 5.82 Å². The number of nitrogens with zero attached hydrogens (tertiary/aromatic N) is 4. The van der Waals surface area contributed by atoms with Crippen LogP contribution < -0.4 is 5.32 Å². The second-order valence-electron chi connectivity index (χ2n) is 7.40. The zero-order valence-electron chi connectivity index (χ0n) is 17.5. The van der Waals surface area contributed by atoms with Crippen molar-refractivity contribution in [3.8, 4) is 16.9 Å². The van der Waals surface area contributed by atoms with E-state index in [4.69, 9.17) is 8.94 Å². The molecule has 5 rings (SSSR count). The minimum atomic E-state index is -0.516. The lowest BCUT2D eigenvalue weighted by atomic mass is 10.1. The van der Waals surface area contributed by atoms with Crippen molar-refractivity contribution in [1.82, 2.24) is 19.9 Å². The normalized spacial score (nSPS) is 11.2. The first-order valence-electron chi connectivity index (χ1n) is 9.86. The highest BCUT2D eigenvalue weighted by Gasteiger charge is 2.21. The highest BCUT2D eigenvalue weighted by molar-refractivity contribution is 6.13. The van der Waals surface area contributed by atoms with Crippen molar-refractivity contribution in [3.05, 3.63) is 77.4 Å². The van der Waals surface area contributed by atoms with Crippen molar-refractivity contribution in [2.75, 3.05) is 5.32 Å². The van der Waals surface area contributed by atoms with Crippen LogP contribution in [-0.2, 0) is 0 Å². The van der Waals surface area contributed by atoms with E-state index in [2.05, 4.69) is 20.6 Å². The number of hydrogen-bond donors (Lipinski definition) is 1. The summed E-state index contributed by atoms with van der Waals surface area (Å²) in [5, 5.41) is 11.2. The molecule has 8 nitrogen and oxygen atoms in total. The van der Waals surface area contributed by atoms with Crippen molar-refractivity contribution in [2.24, 2.45) is 0 Å². The number of carbonyl (C=O) groups is 1. The summed E-state index contributed by atoms with van der Waals surface area (Å²) in [6.45, 7) is 5.39. The first-order valence-corrected chi connectivity index (χ1v) is 9.86. The monoisotopic (exact) mass is 431 g/mol. The van der Waals surface area contributed by atoms with E-state index in [0.29, 0.717) is 33.8 Å². The van der Waals surface area contributed by atoms with Crippen LogP contribution in [0, 0.1) is 26.6 Å². The van der Waals surface area contributed by atoms with E-state index >= 15 is 0 Å². The van der Waals surface area contributed by atoms with Gasteiger partial charge in [-0.3, -0.25) is 4.79 Å². The van der Waals surface area contributed by atoms with Crippen molar-refractivity contribution >= 4 is 22.7 Å².